The van der Waals surface area contributed by atoms with Crippen LogP contribution in [0.1, 0.15) is 46.5 Å². The third-order valence-electron chi connectivity index (χ3n) is 4.77. The number of hydrogen-bond acceptors (Lipinski definition) is 5. The smallest absolute Gasteiger partial charge is 0.462 e. The van der Waals surface area contributed by atoms with Crippen LogP contribution in [0.4, 0.5) is 0 Å². The molecule has 3 N–H and O–H groups in total. The van der Waals surface area contributed by atoms with E-state index in [2.05, 4.69) is 0 Å². The highest BCUT2D eigenvalue weighted by molar-refractivity contribution is 14.1. The Hall–Kier alpha value is 0.01000. The normalized spacial score (nSPS) is 26.9. The Labute approximate surface area is 162 Å². The first-order chi connectivity index (χ1) is 11.5. The summed E-state index contributed by atoms with van der Waals surface area (Å²) in [5.41, 5.74) is 0. The van der Waals surface area contributed by atoms with E-state index < -0.39 is 25.9 Å². The molecule has 1 saturated heterocycles. The SMILES string of the molecule is C[C@H]([C@H](CC[C@H](C)[C@@H]1OC(=O)CC[C@@H]1C)OP(=O)(O)O)[C@@H](O)/C=C\I. The van der Waals surface area contributed by atoms with E-state index in [0.717, 1.165) is 6.42 Å². The summed E-state index contributed by atoms with van der Waals surface area (Å²) in [4.78, 5) is 29.8. The van der Waals surface area contributed by atoms with Gasteiger partial charge in [-0.1, -0.05) is 43.4 Å². The number of esters is 1. The van der Waals surface area contributed by atoms with Gasteiger partial charge in [-0.25, -0.2) is 4.57 Å². The summed E-state index contributed by atoms with van der Waals surface area (Å²) >= 11 is 1.97. The summed E-state index contributed by atoms with van der Waals surface area (Å²) in [6.07, 6.45) is 1.81. The molecule has 1 fully saturated rings. The van der Waals surface area contributed by atoms with Gasteiger partial charge in [-0.2, -0.15) is 0 Å². The fourth-order valence-electron chi connectivity index (χ4n) is 3.16. The van der Waals surface area contributed by atoms with E-state index in [4.69, 9.17) is 19.0 Å². The fourth-order valence-corrected chi connectivity index (χ4v) is 4.24. The maximum Gasteiger partial charge on any atom is 0.469 e. The van der Waals surface area contributed by atoms with Crippen LogP contribution in [0.15, 0.2) is 10.2 Å². The fraction of sp³-hybridized carbons (Fsp3) is 0.812. The van der Waals surface area contributed by atoms with E-state index in [1.807, 2.05) is 36.4 Å². The predicted octanol–water partition coefficient (Wildman–Crippen LogP) is 3.17. The van der Waals surface area contributed by atoms with Crippen molar-refractivity contribution in [3.05, 3.63) is 10.2 Å². The topological polar surface area (TPSA) is 113 Å². The minimum Gasteiger partial charge on any atom is -0.462 e. The summed E-state index contributed by atoms with van der Waals surface area (Å²) in [6.45, 7) is 5.69. The first-order valence-electron chi connectivity index (χ1n) is 8.43. The molecule has 0 aromatic carbocycles. The highest BCUT2D eigenvalue weighted by atomic mass is 127. The van der Waals surface area contributed by atoms with Crippen molar-refractivity contribution >= 4 is 36.4 Å². The highest BCUT2D eigenvalue weighted by Gasteiger charge is 2.34. The second-order valence-electron chi connectivity index (χ2n) is 6.83. The Bertz CT molecular complexity index is 507. The molecule has 0 amide bonds. The molecule has 6 atom stereocenters. The average Bonchev–Trinajstić information content (AvgIpc) is 2.51. The van der Waals surface area contributed by atoms with Gasteiger partial charge in [0.25, 0.3) is 0 Å². The lowest BCUT2D eigenvalue weighted by Gasteiger charge is -2.34. The largest absolute Gasteiger partial charge is 0.469 e. The van der Waals surface area contributed by atoms with Crippen molar-refractivity contribution in [1.29, 1.82) is 0 Å². The zero-order valence-electron chi connectivity index (χ0n) is 14.7. The van der Waals surface area contributed by atoms with Gasteiger partial charge in [-0.05, 0) is 41.3 Å². The molecular weight excluding hydrogens is 462 g/mol. The van der Waals surface area contributed by atoms with E-state index >= 15 is 0 Å². The van der Waals surface area contributed by atoms with Crippen LogP contribution in [0, 0.1) is 17.8 Å². The van der Waals surface area contributed by atoms with Crippen LogP contribution in [0.25, 0.3) is 0 Å². The van der Waals surface area contributed by atoms with Crippen LogP contribution in [0.3, 0.4) is 0 Å². The number of phosphoric acid groups is 1. The van der Waals surface area contributed by atoms with Gasteiger partial charge in [0, 0.05) is 12.3 Å². The molecule has 0 spiro atoms. The number of aliphatic hydroxyl groups excluding tert-OH is 1. The van der Waals surface area contributed by atoms with Crippen molar-refractivity contribution in [1.82, 2.24) is 0 Å². The standard InChI is InChI=1S/C16H28IO7P/c1-10(16-11(2)5-7-15(19)23-16)4-6-14(24-25(20,21)22)12(3)13(18)8-9-17/h8-14,16,18H,4-7H2,1-3H3,(H2,20,21,22)/b9-8-/t10-,11-,12-,13-,14-,16-/m0/s1. The van der Waals surface area contributed by atoms with Gasteiger partial charge in [0.2, 0.25) is 0 Å². The minimum absolute atomic E-state index is 0.0339. The maximum absolute atomic E-state index is 11.5. The van der Waals surface area contributed by atoms with Gasteiger partial charge in [0.05, 0.1) is 12.2 Å². The van der Waals surface area contributed by atoms with Crippen molar-refractivity contribution in [3.8, 4) is 0 Å². The maximum atomic E-state index is 11.5. The third-order valence-corrected chi connectivity index (χ3v) is 5.73. The van der Waals surface area contributed by atoms with E-state index in [0.29, 0.717) is 19.3 Å². The molecule has 25 heavy (non-hydrogen) atoms. The monoisotopic (exact) mass is 490 g/mol. The number of ether oxygens (including phenoxy) is 1. The molecule has 9 heteroatoms. The molecule has 1 aliphatic rings. The lowest BCUT2D eigenvalue weighted by Crippen LogP contribution is -2.37. The van der Waals surface area contributed by atoms with E-state index in [-0.39, 0.29) is 23.9 Å². The zero-order chi connectivity index (χ0) is 19.2. The van der Waals surface area contributed by atoms with Crippen LogP contribution in [-0.2, 0) is 18.6 Å². The summed E-state index contributed by atoms with van der Waals surface area (Å²) in [6, 6.07) is 0. The zero-order valence-corrected chi connectivity index (χ0v) is 17.8. The third kappa shape index (κ3) is 8.05. The summed E-state index contributed by atoms with van der Waals surface area (Å²) < 4.78 is 23.3. The van der Waals surface area contributed by atoms with Crippen molar-refractivity contribution in [2.75, 3.05) is 0 Å². The van der Waals surface area contributed by atoms with Gasteiger partial charge < -0.3 is 19.6 Å². The number of rotatable bonds is 9. The number of halogens is 1. The highest BCUT2D eigenvalue weighted by Crippen LogP contribution is 2.41. The molecule has 0 aromatic heterocycles. The Morgan fingerprint density at radius 3 is 2.60 bits per heavy atom. The minimum atomic E-state index is -4.67. The van der Waals surface area contributed by atoms with E-state index in [1.54, 1.807) is 17.1 Å². The molecule has 1 rings (SSSR count). The number of hydrogen-bond donors (Lipinski definition) is 3. The van der Waals surface area contributed by atoms with Gasteiger partial charge in [0.15, 0.2) is 0 Å². The molecule has 7 nitrogen and oxygen atoms in total. The molecular formula is C16H28IO7P. The number of phosphoric ester groups is 1. The number of cyclic esters (lactones) is 1. The van der Waals surface area contributed by atoms with Crippen LogP contribution in [-0.4, -0.2) is 39.2 Å². The van der Waals surface area contributed by atoms with Crippen LogP contribution >= 0.6 is 30.4 Å². The van der Waals surface area contributed by atoms with Gasteiger partial charge in [-0.3, -0.25) is 9.32 Å². The molecule has 0 unspecified atom stereocenters. The molecule has 0 saturated carbocycles. The second-order valence-corrected chi connectivity index (χ2v) is 8.74. The van der Waals surface area contributed by atoms with Crippen LogP contribution in [0.5, 0.6) is 0 Å². The Balaban J connectivity index is 2.73. The Kier molecular flexibility index (Phi) is 9.56. The van der Waals surface area contributed by atoms with Gasteiger partial charge in [0.1, 0.15) is 6.10 Å². The predicted molar refractivity (Wildman–Crippen MR) is 102 cm³/mol. The van der Waals surface area contributed by atoms with Gasteiger partial charge >= 0.3 is 13.8 Å². The summed E-state index contributed by atoms with van der Waals surface area (Å²) in [5.74, 6) is -0.406. The van der Waals surface area contributed by atoms with Crippen molar-refractivity contribution in [2.24, 2.45) is 17.8 Å². The Morgan fingerprint density at radius 2 is 2.04 bits per heavy atom. The van der Waals surface area contributed by atoms with E-state index in [9.17, 15) is 14.5 Å². The van der Waals surface area contributed by atoms with Crippen LogP contribution < -0.4 is 0 Å². The second kappa shape index (κ2) is 10.4. The lowest BCUT2D eigenvalue weighted by atomic mass is 9.83. The number of aliphatic hydroxyl groups is 1. The molecule has 0 bridgehead atoms. The van der Waals surface area contributed by atoms with Crippen LogP contribution in [0.2, 0.25) is 0 Å². The number of carbonyl (C=O) groups excluding carboxylic acids is 1. The lowest BCUT2D eigenvalue weighted by molar-refractivity contribution is -0.161. The summed E-state index contributed by atoms with van der Waals surface area (Å²) in [7, 11) is -4.67. The van der Waals surface area contributed by atoms with E-state index in [1.165, 1.54) is 0 Å². The van der Waals surface area contributed by atoms with Gasteiger partial charge in [-0.15, -0.1) is 0 Å². The molecule has 1 aliphatic heterocycles. The number of carbonyl (C=O) groups is 1. The first kappa shape index (κ1) is 23.0. The van der Waals surface area contributed by atoms with Crippen molar-refractivity contribution < 1.29 is 33.5 Å². The first-order valence-corrected chi connectivity index (χ1v) is 11.2. The Morgan fingerprint density at radius 1 is 1.40 bits per heavy atom. The van der Waals surface area contributed by atoms with Crippen molar-refractivity contribution in [3.63, 3.8) is 0 Å². The molecule has 1 heterocycles. The molecule has 0 aromatic rings. The van der Waals surface area contributed by atoms with Crippen molar-refractivity contribution in [2.45, 2.75) is 64.8 Å². The quantitative estimate of drug-likeness (QED) is 0.259. The molecule has 0 radical (unpaired) electrons. The summed E-state index contributed by atoms with van der Waals surface area (Å²) in [5, 5.41) is 10.1. The molecule has 0 aliphatic carbocycles. The molecule has 146 valence electrons. The average molecular weight is 490 g/mol.